The summed E-state index contributed by atoms with van der Waals surface area (Å²) in [4.78, 5) is 2.17. The second kappa shape index (κ2) is 5.73. The van der Waals surface area contributed by atoms with Gasteiger partial charge in [-0.3, -0.25) is 0 Å². The minimum atomic E-state index is 0.686. The van der Waals surface area contributed by atoms with E-state index in [0.717, 1.165) is 6.54 Å². The van der Waals surface area contributed by atoms with Crippen LogP contribution in [0.1, 0.15) is 11.1 Å². The predicted octanol–water partition coefficient (Wildman–Crippen LogP) is 1.40. The largest absolute Gasteiger partial charge is 0.376 e. The maximum atomic E-state index is 5.16. The van der Waals surface area contributed by atoms with Crippen LogP contribution in [0.5, 0.6) is 0 Å². The Morgan fingerprint density at radius 3 is 2.71 bits per heavy atom. The molecule has 0 aliphatic carbocycles. The summed E-state index contributed by atoms with van der Waals surface area (Å²) in [5.41, 5.74) is 3.92. The summed E-state index contributed by atoms with van der Waals surface area (Å²) < 4.78 is 5.16. The molecule has 0 aliphatic rings. The third kappa shape index (κ3) is 3.59. The summed E-state index contributed by atoms with van der Waals surface area (Å²) in [6.07, 6.45) is 0. The fourth-order valence-electron chi connectivity index (χ4n) is 1.44. The third-order valence-electron chi connectivity index (χ3n) is 2.06. The van der Waals surface area contributed by atoms with Crippen molar-refractivity contribution in [2.24, 2.45) is 0 Å². The number of aryl methyl sites for hydroxylation is 1. The van der Waals surface area contributed by atoms with Crippen molar-refractivity contribution in [3.8, 4) is 0 Å². The van der Waals surface area contributed by atoms with E-state index in [1.807, 2.05) is 23.0 Å². The van der Waals surface area contributed by atoms with Crippen molar-refractivity contribution in [1.29, 1.82) is 0 Å². The van der Waals surface area contributed by atoms with Crippen LogP contribution in [0, 0.1) is 6.92 Å². The van der Waals surface area contributed by atoms with Crippen molar-refractivity contribution >= 4 is 36.0 Å². The van der Waals surface area contributed by atoms with E-state index in [-0.39, 0.29) is 0 Å². The molecule has 0 heterocycles. The van der Waals surface area contributed by atoms with E-state index < -0.39 is 0 Å². The molecule has 0 unspecified atom stereocenters. The summed E-state index contributed by atoms with van der Waals surface area (Å²) in [6.45, 7) is 3.08. The molecule has 0 bridgehead atoms. The molecule has 1 aromatic carbocycles. The zero-order valence-electron chi connectivity index (χ0n) is 8.88. The van der Waals surface area contributed by atoms with Crippen LogP contribution in [0.25, 0.3) is 0 Å². The minimum absolute atomic E-state index is 0.686. The first kappa shape index (κ1) is 12.0. The lowest BCUT2D eigenvalue weighted by molar-refractivity contribution is 0.403. The van der Waals surface area contributed by atoms with Gasteiger partial charge in [-0.05, 0) is 32.0 Å². The first-order valence-corrected chi connectivity index (χ1v) is 5.48. The number of benzene rings is 1. The molecule has 76 valence electrons. The van der Waals surface area contributed by atoms with Crippen molar-refractivity contribution < 1.29 is 2.98 Å². The van der Waals surface area contributed by atoms with E-state index in [4.69, 9.17) is 2.98 Å². The topological polar surface area (TPSA) is 12.5 Å². The van der Waals surface area contributed by atoms with E-state index in [0.29, 0.717) is 7.48 Å². The maximum absolute atomic E-state index is 5.16. The van der Waals surface area contributed by atoms with Crippen LogP contribution in [0.2, 0.25) is 0 Å². The molecule has 0 atom stereocenters. The average Bonchev–Trinajstić information content (AvgIpc) is 2.09. The number of halogens is 1. The molecule has 0 N–H and O–H groups in total. The lowest BCUT2D eigenvalue weighted by Crippen LogP contribution is -2.24. The molecule has 1 aromatic rings. The number of rotatable bonds is 4. The molecule has 0 spiro atoms. The van der Waals surface area contributed by atoms with Gasteiger partial charge in [-0.1, -0.05) is 23.8 Å². The second-order valence-electron chi connectivity index (χ2n) is 3.76. The maximum Gasteiger partial charge on any atom is 0.324 e. The van der Waals surface area contributed by atoms with Crippen LogP contribution in [0.15, 0.2) is 18.2 Å². The summed E-state index contributed by atoms with van der Waals surface area (Å²) in [5.74, 6) is 0. The molecule has 0 saturated heterocycles. The third-order valence-corrected chi connectivity index (χ3v) is 2.37. The molecule has 0 radical (unpaired) electrons. The molecule has 0 fully saturated rings. The van der Waals surface area contributed by atoms with Crippen LogP contribution in [-0.4, -0.2) is 26.5 Å². The highest BCUT2D eigenvalue weighted by atomic mass is 127. The standard InChI is InChI=1S/C10H15BINO/c1-8-4-5-9(7-13(2)3)10(6-8)11-14-12/h4-6,11H,7H2,1-3H3. The molecule has 0 aliphatic heterocycles. The summed E-state index contributed by atoms with van der Waals surface area (Å²) in [5, 5.41) is 0. The molecular weight excluding hydrogens is 288 g/mol. The molecule has 0 amide bonds. The summed E-state index contributed by atoms with van der Waals surface area (Å²) in [7, 11) is 4.84. The zero-order chi connectivity index (χ0) is 10.6. The van der Waals surface area contributed by atoms with Gasteiger partial charge in [-0.15, -0.1) is 0 Å². The Morgan fingerprint density at radius 2 is 2.14 bits per heavy atom. The van der Waals surface area contributed by atoms with Gasteiger partial charge < -0.3 is 7.88 Å². The van der Waals surface area contributed by atoms with Gasteiger partial charge in [0.15, 0.2) is 0 Å². The smallest absolute Gasteiger partial charge is 0.324 e. The molecule has 1 rings (SSSR count). The van der Waals surface area contributed by atoms with Crippen LogP contribution >= 0.6 is 23.0 Å². The fourth-order valence-corrected chi connectivity index (χ4v) is 1.78. The lowest BCUT2D eigenvalue weighted by Gasteiger charge is -2.13. The lowest BCUT2D eigenvalue weighted by atomic mass is 9.83. The Bertz CT molecular complexity index is 304. The van der Waals surface area contributed by atoms with Gasteiger partial charge in [0.2, 0.25) is 0 Å². The quantitative estimate of drug-likeness (QED) is 0.616. The van der Waals surface area contributed by atoms with Gasteiger partial charge in [0, 0.05) is 6.54 Å². The Labute approximate surface area is 101 Å². The van der Waals surface area contributed by atoms with Crippen LogP contribution in [-0.2, 0) is 9.53 Å². The monoisotopic (exact) mass is 303 g/mol. The van der Waals surface area contributed by atoms with Crippen molar-refractivity contribution in [1.82, 2.24) is 4.90 Å². The van der Waals surface area contributed by atoms with E-state index in [1.165, 1.54) is 16.6 Å². The highest BCUT2D eigenvalue weighted by Gasteiger charge is 2.05. The van der Waals surface area contributed by atoms with Crippen LogP contribution < -0.4 is 5.46 Å². The fraction of sp³-hybridized carbons (Fsp3) is 0.400. The Kier molecular flexibility index (Phi) is 4.91. The van der Waals surface area contributed by atoms with Gasteiger partial charge in [-0.25, -0.2) is 0 Å². The summed E-state index contributed by atoms with van der Waals surface area (Å²) >= 11 is 1.94. The van der Waals surface area contributed by atoms with Crippen LogP contribution in [0.3, 0.4) is 0 Å². The summed E-state index contributed by atoms with van der Waals surface area (Å²) in [6, 6.07) is 6.52. The number of hydrogen-bond acceptors (Lipinski definition) is 2. The van der Waals surface area contributed by atoms with Gasteiger partial charge in [0.1, 0.15) is 0 Å². The van der Waals surface area contributed by atoms with E-state index >= 15 is 0 Å². The normalized spacial score (nSPS) is 10.6. The van der Waals surface area contributed by atoms with E-state index in [1.54, 1.807) is 0 Å². The van der Waals surface area contributed by atoms with Crippen molar-refractivity contribution in [3.05, 3.63) is 29.3 Å². The van der Waals surface area contributed by atoms with Gasteiger partial charge >= 0.3 is 7.48 Å². The van der Waals surface area contributed by atoms with E-state index in [2.05, 4.69) is 44.1 Å². The molecule has 0 saturated carbocycles. The predicted molar refractivity (Wildman–Crippen MR) is 70.5 cm³/mol. The van der Waals surface area contributed by atoms with Crippen molar-refractivity contribution in [3.63, 3.8) is 0 Å². The Morgan fingerprint density at radius 1 is 1.43 bits per heavy atom. The van der Waals surface area contributed by atoms with Gasteiger partial charge in [0.25, 0.3) is 0 Å². The average molecular weight is 303 g/mol. The first-order valence-electron chi connectivity index (χ1n) is 4.60. The highest BCUT2D eigenvalue weighted by molar-refractivity contribution is 14.1. The molecule has 0 aromatic heterocycles. The second-order valence-corrected chi connectivity index (χ2v) is 4.39. The SMILES string of the molecule is Cc1ccc(CN(C)C)c(BOI)c1. The van der Waals surface area contributed by atoms with Crippen LogP contribution in [0.4, 0.5) is 0 Å². The molecule has 2 nitrogen and oxygen atoms in total. The zero-order valence-corrected chi connectivity index (χ0v) is 11.0. The van der Waals surface area contributed by atoms with Crippen molar-refractivity contribution in [2.75, 3.05) is 14.1 Å². The van der Waals surface area contributed by atoms with Crippen molar-refractivity contribution in [2.45, 2.75) is 13.5 Å². The minimum Gasteiger partial charge on any atom is -0.376 e. The molecular formula is C10H15BINO. The first-order chi connectivity index (χ1) is 6.63. The number of hydrogen-bond donors (Lipinski definition) is 0. The number of nitrogens with zero attached hydrogens (tertiary/aromatic N) is 1. The Hall–Kier alpha value is -0.0651. The van der Waals surface area contributed by atoms with E-state index in [9.17, 15) is 0 Å². The molecule has 14 heavy (non-hydrogen) atoms. The van der Waals surface area contributed by atoms with Gasteiger partial charge in [0.05, 0.1) is 23.0 Å². The Balaban J connectivity index is 2.89. The van der Waals surface area contributed by atoms with Gasteiger partial charge in [-0.2, -0.15) is 0 Å². The highest BCUT2D eigenvalue weighted by Crippen LogP contribution is 2.03. The molecule has 4 heteroatoms.